The van der Waals surface area contributed by atoms with E-state index in [0.717, 1.165) is 36.5 Å². The van der Waals surface area contributed by atoms with Crippen molar-refractivity contribution in [1.29, 1.82) is 0 Å². The van der Waals surface area contributed by atoms with Crippen LogP contribution >= 0.6 is 0 Å². The number of urea groups is 1. The molecule has 2 aromatic carbocycles. The highest BCUT2D eigenvalue weighted by Crippen LogP contribution is 2.41. The lowest BCUT2D eigenvalue weighted by molar-refractivity contribution is -0.135. The van der Waals surface area contributed by atoms with Gasteiger partial charge in [0.25, 0.3) is 5.91 Å². The smallest absolute Gasteiger partial charge is 0.325 e. The first-order valence-electron chi connectivity index (χ1n) is 10.6. The van der Waals surface area contributed by atoms with Gasteiger partial charge in [0.05, 0.1) is 18.0 Å². The number of imide groups is 1. The molecule has 3 aliphatic rings. The Hall–Kier alpha value is -3.55. The lowest BCUT2D eigenvalue weighted by atomic mass is 9.84. The number of benzene rings is 2. The van der Waals surface area contributed by atoms with Crippen molar-refractivity contribution < 1.29 is 19.1 Å². The van der Waals surface area contributed by atoms with E-state index in [1.165, 1.54) is 0 Å². The predicted octanol–water partition coefficient (Wildman–Crippen LogP) is 2.46. The van der Waals surface area contributed by atoms with Gasteiger partial charge in [-0.05, 0) is 31.0 Å². The molecule has 8 nitrogen and oxygen atoms in total. The fourth-order valence-electron chi connectivity index (χ4n) is 4.66. The summed E-state index contributed by atoms with van der Waals surface area (Å²) in [7, 11) is 0. The summed E-state index contributed by atoms with van der Waals surface area (Å²) >= 11 is 0. The maximum atomic E-state index is 13.3. The second-order valence-electron chi connectivity index (χ2n) is 8.08. The summed E-state index contributed by atoms with van der Waals surface area (Å²) in [5.74, 6) is -0.253. The van der Waals surface area contributed by atoms with E-state index in [-0.39, 0.29) is 6.54 Å². The largest absolute Gasteiger partial charge is 0.493 e. The highest BCUT2D eigenvalue weighted by Gasteiger charge is 2.55. The minimum Gasteiger partial charge on any atom is -0.493 e. The molecule has 4 amide bonds. The lowest BCUT2D eigenvalue weighted by Crippen LogP contribution is -2.48. The van der Waals surface area contributed by atoms with E-state index in [1.54, 1.807) is 18.2 Å². The van der Waals surface area contributed by atoms with Crippen LogP contribution in [-0.2, 0) is 15.1 Å². The third-order valence-electron chi connectivity index (χ3n) is 6.18. The van der Waals surface area contributed by atoms with Crippen molar-refractivity contribution in [3.8, 4) is 5.75 Å². The van der Waals surface area contributed by atoms with Gasteiger partial charge in [-0.1, -0.05) is 30.3 Å². The first kappa shape index (κ1) is 19.4. The second kappa shape index (κ2) is 7.61. The van der Waals surface area contributed by atoms with Gasteiger partial charge in [-0.3, -0.25) is 14.5 Å². The Labute approximate surface area is 180 Å². The van der Waals surface area contributed by atoms with Crippen molar-refractivity contribution in [3.05, 3.63) is 54.1 Å². The molecule has 0 aromatic heterocycles. The van der Waals surface area contributed by atoms with E-state index >= 15 is 0 Å². The van der Waals surface area contributed by atoms with Crippen molar-refractivity contribution in [2.75, 3.05) is 36.5 Å². The zero-order chi connectivity index (χ0) is 21.4. The molecule has 2 aromatic rings. The van der Waals surface area contributed by atoms with E-state index in [9.17, 15) is 14.4 Å². The van der Waals surface area contributed by atoms with Crippen LogP contribution in [0.5, 0.6) is 5.75 Å². The van der Waals surface area contributed by atoms with Gasteiger partial charge < -0.3 is 20.3 Å². The normalized spacial score (nSPS) is 22.3. The Morgan fingerprint density at radius 2 is 1.81 bits per heavy atom. The predicted molar refractivity (Wildman–Crippen MR) is 115 cm³/mol. The van der Waals surface area contributed by atoms with Gasteiger partial charge in [-0.25, -0.2) is 4.79 Å². The highest BCUT2D eigenvalue weighted by molar-refractivity contribution is 6.11. The van der Waals surface area contributed by atoms with E-state index in [4.69, 9.17) is 4.74 Å². The van der Waals surface area contributed by atoms with Gasteiger partial charge in [0.1, 0.15) is 12.3 Å². The van der Waals surface area contributed by atoms with Crippen LogP contribution in [0.1, 0.15) is 24.8 Å². The monoisotopic (exact) mass is 420 g/mol. The second-order valence-corrected chi connectivity index (χ2v) is 8.08. The van der Waals surface area contributed by atoms with E-state index in [1.807, 2.05) is 30.3 Å². The van der Waals surface area contributed by atoms with Gasteiger partial charge >= 0.3 is 6.03 Å². The molecule has 2 fully saturated rings. The van der Waals surface area contributed by atoms with E-state index < -0.39 is 23.4 Å². The number of nitrogens with one attached hydrogen (secondary N) is 2. The summed E-state index contributed by atoms with van der Waals surface area (Å²) in [4.78, 5) is 42.1. The van der Waals surface area contributed by atoms with Crippen LogP contribution in [0.2, 0.25) is 0 Å². The summed E-state index contributed by atoms with van der Waals surface area (Å²) in [6, 6.07) is 14.2. The third kappa shape index (κ3) is 3.28. The maximum Gasteiger partial charge on any atom is 0.325 e. The van der Waals surface area contributed by atoms with Crippen molar-refractivity contribution in [3.63, 3.8) is 0 Å². The fourth-order valence-corrected chi connectivity index (χ4v) is 4.66. The van der Waals surface area contributed by atoms with Crippen molar-refractivity contribution >= 4 is 29.2 Å². The molecule has 0 radical (unpaired) electrons. The molecule has 160 valence electrons. The van der Waals surface area contributed by atoms with Crippen molar-refractivity contribution in [2.24, 2.45) is 0 Å². The molecular formula is C23H24N4O4. The number of nitrogens with zero attached hydrogens (tertiary/aromatic N) is 2. The lowest BCUT2D eigenvalue weighted by Gasteiger charge is -2.33. The van der Waals surface area contributed by atoms with Gasteiger partial charge in [0, 0.05) is 25.1 Å². The Morgan fingerprint density at radius 1 is 1.06 bits per heavy atom. The molecule has 5 rings (SSSR count). The van der Waals surface area contributed by atoms with Crippen LogP contribution in [0.3, 0.4) is 0 Å². The topological polar surface area (TPSA) is 91.0 Å². The van der Waals surface area contributed by atoms with Crippen LogP contribution in [-0.4, -0.2) is 49.0 Å². The van der Waals surface area contributed by atoms with Crippen LogP contribution in [0.4, 0.5) is 16.2 Å². The molecule has 1 unspecified atom stereocenters. The Bertz CT molecular complexity index is 1050. The SMILES string of the molecule is O=C(CN1C(=O)NC2(CCOc3ccccc32)C1=O)Nc1ccccc1N1CCCC1. The van der Waals surface area contributed by atoms with Crippen LogP contribution in [0.15, 0.2) is 48.5 Å². The molecule has 0 aliphatic carbocycles. The number of anilines is 2. The molecule has 3 aliphatic heterocycles. The van der Waals surface area contributed by atoms with Crippen LogP contribution in [0.25, 0.3) is 0 Å². The van der Waals surface area contributed by atoms with E-state index in [0.29, 0.717) is 30.0 Å². The van der Waals surface area contributed by atoms with Crippen molar-refractivity contribution in [1.82, 2.24) is 10.2 Å². The fraction of sp³-hybridized carbons (Fsp3) is 0.348. The van der Waals surface area contributed by atoms with Crippen LogP contribution in [0, 0.1) is 0 Å². The molecule has 1 spiro atoms. The third-order valence-corrected chi connectivity index (χ3v) is 6.18. The number of carbonyl (C=O) groups is 3. The summed E-state index contributed by atoms with van der Waals surface area (Å²) in [6.07, 6.45) is 2.57. The zero-order valence-electron chi connectivity index (χ0n) is 17.1. The minimum absolute atomic E-state index is 0.312. The van der Waals surface area contributed by atoms with Crippen molar-refractivity contribution in [2.45, 2.75) is 24.8 Å². The van der Waals surface area contributed by atoms with Gasteiger partial charge in [-0.15, -0.1) is 0 Å². The number of hydrogen-bond donors (Lipinski definition) is 2. The first-order valence-corrected chi connectivity index (χ1v) is 10.6. The van der Waals surface area contributed by atoms with Gasteiger partial charge in [0.15, 0.2) is 5.54 Å². The average molecular weight is 420 g/mol. The zero-order valence-corrected chi connectivity index (χ0v) is 17.1. The minimum atomic E-state index is -1.18. The highest BCUT2D eigenvalue weighted by atomic mass is 16.5. The number of para-hydroxylation sites is 3. The first-order chi connectivity index (χ1) is 15.1. The molecular weight excluding hydrogens is 396 g/mol. The summed E-state index contributed by atoms with van der Waals surface area (Å²) < 4.78 is 5.65. The Balaban J connectivity index is 1.34. The summed E-state index contributed by atoms with van der Waals surface area (Å²) in [5.41, 5.74) is 1.09. The molecule has 31 heavy (non-hydrogen) atoms. The average Bonchev–Trinajstić information content (AvgIpc) is 3.39. The number of ether oxygens (including phenoxy) is 1. The molecule has 2 saturated heterocycles. The standard InChI is InChI=1S/C23H24N4O4/c28-20(24-17-8-2-3-9-18(17)26-12-5-6-13-26)15-27-21(29)23(25-22(27)30)11-14-31-19-10-4-1-7-16(19)23/h1-4,7-10H,5-6,11-15H2,(H,24,28)(H,25,30). The molecule has 0 saturated carbocycles. The molecule has 1 atom stereocenters. The molecule has 3 heterocycles. The van der Waals surface area contributed by atoms with Gasteiger partial charge in [-0.2, -0.15) is 0 Å². The number of fused-ring (bicyclic) bond motifs is 2. The Kier molecular flexibility index (Phi) is 4.77. The number of rotatable bonds is 4. The molecule has 8 heteroatoms. The Morgan fingerprint density at radius 3 is 2.65 bits per heavy atom. The summed E-state index contributed by atoms with van der Waals surface area (Å²) in [6.45, 7) is 1.86. The number of amides is 4. The summed E-state index contributed by atoms with van der Waals surface area (Å²) in [5, 5.41) is 5.71. The molecule has 2 N–H and O–H groups in total. The molecule has 0 bridgehead atoms. The van der Waals surface area contributed by atoms with E-state index in [2.05, 4.69) is 15.5 Å². The van der Waals surface area contributed by atoms with Crippen LogP contribution < -0.4 is 20.3 Å². The number of hydrogen-bond acceptors (Lipinski definition) is 5. The van der Waals surface area contributed by atoms with Gasteiger partial charge in [0.2, 0.25) is 5.91 Å². The number of carbonyl (C=O) groups excluding carboxylic acids is 3. The maximum absolute atomic E-state index is 13.3. The quantitative estimate of drug-likeness (QED) is 0.742.